The molecule has 1 heterocycles. The molecule has 3 nitrogen and oxygen atoms in total. The van der Waals surface area contributed by atoms with Crippen LogP contribution in [0.1, 0.15) is 48.5 Å². The molecule has 1 N–H and O–H groups in total. The van der Waals surface area contributed by atoms with E-state index in [9.17, 15) is 4.79 Å². The topological polar surface area (TPSA) is 42.0 Å². The van der Waals surface area contributed by atoms with Crippen molar-refractivity contribution in [2.75, 3.05) is 0 Å². The average molecular weight is 419 g/mol. The summed E-state index contributed by atoms with van der Waals surface area (Å²) in [5, 5.41) is 4.92. The van der Waals surface area contributed by atoms with Gasteiger partial charge in [0.05, 0.1) is 16.8 Å². The number of benzene rings is 2. The van der Waals surface area contributed by atoms with E-state index in [-0.39, 0.29) is 11.9 Å². The van der Waals surface area contributed by atoms with Crippen LogP contribution >= 0.6 is 11.6 Å². The second-order valence-corrected chi connectivity index (χ2v) is 9.53. The van der Waals surface area contributed by atoms with Crippen molar-refractivity contribution < 1.29 is 4.79 Å². The van der Waals surface area contributed by atoms with Gasteiger partial charge in [0.1, 0.15) is 0 Å². The molecule has 2 fully saturated rings. The van der Waals surface area contributed by atoms with E-state index in [0.29, 0.717) is 10.9 Å². The van der Waals surface area contributed by atoms with E-state index in [1.54, 1.807) is 0 Å². The van der Waals surface area contributed by atoms with Crippen molar-refractivity contribution in [1.29, 1.82) is 0 Å². The number of hydrogen-bond acceptors (Lipinski definition) is 2. The summed E-state index contributed by atoms with van der Waals surface area (Å²) >= 11 is 6.23. The fraction of sp³-hybridized carbons (Fsp3) is 0.385. The molecule has 2 bridgehead atoms. The first-order chi connectivity index (χ1) is 14.5. The zero-order valence-electron chi connectivity index (χ0n) is 17.5. The van der Waals surface area contributed by atoms with E-state index in [2.05, 4.69) is 12.2 Å². The Labute approximate surface area is 182 Å². The summed E-state index contributed by atoms with van der Waals surface area (Å²) in [4.78, 5) is 18.4. The van der Waals surface area contributed by atoms with Gasteiger partial charge >= 0.3 is 0 Å². The maximum absolute atomic E-state index is 13.5. The molecule has 5 rings (SSSR count). The predicted molar refractivity (Wildman–Crippen MR) is 123 cm³/mol. The Bertz CT molecular complexity index is 1130. The number of nitrogens with zero attached hydrogens (tertiary/aromatic N) is 1. The molecule has 4 heteroatoms. The van der Waals surface area contributed by atoms with E-state index in [4.69, 9.17) is 16.6 Å². The molecular weight excluding hydrogens is 392 g/mol. The van der Waals surface area contributed by atoms with Crippen LogP contribution in [-0.2, 0) is 0 Å². The van der Waals surface area contributed by atoms with Crippen LogP contribution in [0.5, 0.6) is 0 Å². The summed E-state index contributed by atoms with van der Waals surface area (Å²) in [5.41, 5.74) is 4.20. The number of hydrogen-bond donors (Lipinski definition) is 1. The zero-order chi connectivity index (χ0) is 20.8. The summed E-state index contributed by atoms with van der Waals surface area (Å²) in [6.07, 6.45) is 5.31. The first-order valence-corrected chi connectivity index (χ1v) is 11.3. The molecule has 2 aliphatic rings. The largest absolute Gasteiger partial charge is 0.349 e. The van der Waals surface area contributed by atoms with E-state index < -0.39 is 0 Å². The predicted octanol–water partition coefficient (Wildman–Crippen LogP) is 6.42. The van der Waals surface area contributed by atoms with E-state index in [0.717, 1.165) is 45.1 Å². The van der Waals surface area contributed by atoms with Crippen molar-refractivity contribution in [1.82, 2.24) is 10.3 Å². The van der Waals surface area contributed by atoms with Crippen LogP contribution in [0.15, 0.2) is 48.5 Å². The molecule has 1 amide bonds. The van der Waals surface area contributed by atoms with Crippen LogP contribution in [0.4, 0.5) is 0 Å². The SMILES string of the molecule is Cc1c(-c2cccc(Cl)c2)nc2ccccc2c1C(=O)N[C@@H](C)[C@@H]1C[C@H]2CC[C@H]1C2. The second-order valence-electron chi connectivity index (χ2n) is 9.09. The van der Waals surface area contributed by atoms with Gasteiger partial charge < -0.3 is 5.32 Å². The van der Waals surface area contributed by atoms with Crippen molar-refractivity contribution in [3.63, 3.8) is 0 Å². The average Bonchev–Trinajstić information content (AvgIpc) is 3.37. The molecule has 2 aliphatic carbocycles. The van der Waals surface area contributed by atoms with Crippen LogP contribution in [0.25, 0.3) is 22.2 Å². The quantitative estimate of drug-likeness (QED) is 0.531. The lowest BCUT2D eigenvalue weighted by Crippen LogP contribution is -2.40. The van der Waals surface area contributed by atoms with Crippen molar-refractivity contribution in [2.45, 2.75) is 45.6 Å². The first kappa shape index (κ1) is 19.6. The van der Waals surface area contributed by atoms with Gasteiger partial charge in [-0.05, 0) is 74.6 Å². The number of halogens is 1. The Morgan fingerprint density at radius 1 is 1.13 bits per heavy atom. The van der Waals surface area contributed by atoms with Gasteiger partial charge in [0.25, 0.3) is 5.91 Å². The first-order valence-electron chi connectivity index (χ1n) is 11.0. The smallest absolute Gasteiger partial charge is 0.252 e. The number of rotatable bonds is 4. The van der Waals surface area contributed by atoms with E-state index in [1.807, 2.05) is 55.5 Å². The monoisotopic (exact) mass is 418 g/mol. The third kappa shape index (κ3) is 3.39. The van der Waals surface area contributed by atoms with Crippen LogP contribution in [-0.4, -0.2) is 16.9 Å². The van der Waals surface area contributed by atoms with Crippen molar-refractivity contribution >= 4 is 28.4 Å². The van der Waals surface area contributed by atoms with Crippen LogP contribution < -0.4 is 5.32 Å². The number of nitrogens with one attached hydrogen (secondary N) is 1. The molecule has 0 spiro atoms. The summed E-state index contributed by atoms with van der Waals surface area (Å²) in [6.45, 7) is 4.17. The fourth-order valence-corrected chi connectivity index (χ4v) is 6.00. The number of pyridine rings is 1. The van der Waals surface area contributed by atoms with Gasteiger partial charge in [-0.25, -0.2) is 4.98 Å². The highest BCUT2D eigenvalue weighted by atomic mass is 35.5. The normalized spacial score (nSPS) is 23.6. The molecular formula is C26H27ClN2O. The highest BCUT2D eigenvalue weighted by molar-refractivity contribution is 6.30. The van der Waals surface area contributed by atoms with E-state index >= 15 is 0 Å². The lowest BCUT2D eigenvalue weighted by atomic mass is 9.84. The van der Waals surface area contributed by atoms with Crippen LogP contribution in [0.2, 0.25) is 5.02 Å². The Kier molecular flexibility index (Phi) is 5.02. The molecule has 2 saturated carbocycles. The second kappa shape index (κ2) is 7.70. The summed E-state index contributed by atoms with van der Waals surface area (Å²) < 4.78 is 0. The lowest BCUT2D eigenvalue weighted by Gasteiger charge is -2.29. The van der Waals surface area contributed by atoms with Gasteiger partial charge in [-0.2, -0.15) is 0 Å². The number of amides is 1. The minimum Gasteiger partial charge on any atom is -0.349 e. The molecule has 3 aromatic rings. The molecule has 2 aromatic carbocycles. The third-order valence-electron chi connectivity index (χ3n) is 7.25. The molecule has 1 aromatic heterocycles. The maximum atomic E-state index is 13.5. The third-order valence-corrected chi connectivity index (χ3v) is 7.49. The molecule has 30 heavy (non-hydrogen) atoms. The molecule has 0 unspecified atom stereocenters. The Morgan fingerprint density at radius 2 is 1.97 bits per heavy atom. The Balaban J connectivity index is 1.54. The number of aromatic nitrogens is 1. The molecule has 0 saturated heterocycles. The molecule has 154 valence electrons. The fourth-order valence-electron chi connectivity index (χ4n) is 5.81. The number of carbonyl (C=O) groups excluding carboxylic acids is 1. The van der Waals surface area contributed by atoms with Crippen molar-refractivity contribution in [3.05, 3.63) is 64.7 Å². The van der Waals surface area contributed by atoms with Crippen LogP contribution in [0, 0.1) is 24.7 Å². The molecule has 0 aliphatic heterocycles. The van der Waals surface area contributed by atoms with Gasteiger partial charge in [-0.15, -0.1) is 0 Å². The van der Waals surface area contributed by atoms with Gasteiger partial charge in [-0.3, -0.25) is 4.79 Å². The minimum absolute atomic E-state index is 0.00431. The number of para-hydroxylation sites is 1. The highest BCUT2D eigenvalue weighted by Gasteiger charge is 2.42. The summed E-state index contributed by atoms with van der Waals surface area (Å²) in [5.74, 6) is 2.26. The Morgan fingerprint density at radius 3 is 2.70 bits per heavy atom. The Hall–Kier alpha value is -2.39. The summed E-state index contributed by atoms with van der Waals surface area (Å²) in [6, 6.07) is 15.8. The van der Waals surface area contributed by atoms with Gasteiger partial charge in [-0.1, -0.05) is 48.4 Å². The zero-order valence-corrected chi connectivity index (χ0v) is 18.2. The van der Waals surface area contributed by atoms with Gasteiger partial charge in [0.15, 0.2) is 0 Å². The number of fused-ring (bicyclic) bond motifs is 3. The number of carbonyl (C=O) groups is 1. The lowest BCUT2D eigenvalue weighted by molar-refractivity contribution is 0.0916. The van der Waals surface area contributed by atoms with Crippen molar-refractivity contribution in [3.8, 4) is 11.3 Å². The van der Waals surface area contributed by atoms with Crippen LogP contribution in [0.3, 0.4) is 0 Å². The minimum atomic E-state index is 0.00431. The standard InChI is InChI=1S/C26H27ClN2O/c1-15-24(26(30)28-16(2)22-13-17-10-11-18(22)12-17)21-8-3-4-9-23(21)29-25(15)19-6-5-7-20(27)14-19/h3-9,14,16-18,22H,10-13H2,1-2H3,(H,28,30)/t16-,17-,18-,22-/m0/s1. The maximum Gasteiger partial charge on any atom is 0.252 e. The molecule has 0 radical (unpaired) electrons. The van der Waals surface area contributed by atoms with Crippen molar-refractivity contribution in [2.24, 2.45) is 17.8 Å². The van der Waals surface area contributed by atoms with E-state index in [1.165, 1.54) is 25.7 Å². The summed E-state index contributed by atoms with van der Waals surface area (Å²) in [7, 11) is 0. The highest BCUT2D eigenvalue weighted by Crippen LogP contribution is 2.49. The van der Waals surface area contributed by atoms with Gasteiger partial charge in [0.2, 0.25) is 0 Å². The van der Waals surface area contributed by atoms with Gasteiger partial charge in [0, 0.05) is 22.0 Å². The molecule has 4 atom stereocenters.